The van der Waals surface area contributed by atoms with Crippen LogP contribution in [0.4, 0.5) is 5.69 Å². The first kappa shape index (κ1) is 16.8. The molecule has 2 amide bonds. The minimum atomic E-state index is -0.446. The van der Waals surface area contributed by atoms with Crippen LogP contribution in [0.2, 0.25) is 10.0 Å². The van der Waals surface area contributed by atoms with E-state index in [2.05, 4.69) is 10.6 Å². The van der Waals surface area contributed by atoms with Crippen LogP contribution in [-0.2, 0) is 14.3 Å². The minimum absolute atomic E-state index is 0.253. The second kappa shape index (κ2) is 8.79. The van der Waals surface area contributed by atoms with E-state index in [1.54, 1.807) is 25.3 Å². The monoisotopic (exact) mass is 318 g/mol. The summed E-state index contributed by atoms with van der Waals surface area (Å²) in [6, 6.07) is 4.89. The molecular weight excluding hydrogens is 303 g/mol. The Kier molecular flexibility index (Phi) is 7.36. The van der Waals surface area contributed by atoms with Gasteiger partial charge in [0.05, 0.1) is 15.7 Å². The number of nitrogens with one attached hydrogen (secondary N) is 2. The second-order valence-electron chi connectivity index (χ2n) is 4.02. The van der Waals surface area contributed by atoms with Crippen LogP contribution in [0.3, 0.4) is 0 Å². The van der Waals surface area contributed by atoms with Crippen LogP contribution in [0.15, 0.2) is 18.2 Å². The fourth-order valence-electron chi connectivity index (χ4n) is 1.45. The number of halogens is 2. The highest BCUT2D eigenvalue weighted by atomic mass is 35.5. The molecule has 7 heteroatoms. The maximum Gasteiger partial charge on any atom is 0.233 e. The molecule has 2 N–H and O–H groups in total. The minimum Gasteiger partial charge on any atom is -0.385 e. The van der Waals surface area contributed by atoms with Crippen LogP contribution in [0.25, 0.3) is 0 Å². The van der Waals surface area contributed by atoms with Crippen molar-refractivity contribution in [3.8, 4) is 0 Å². The van der Waals surface area contributed by atoms with Gasteiger partial charge in [-0.15, -0.1) is 0 Å². The third-order valence-electron chi connectivity index (χ3n) is 2.39. The molecule has 1 aromatic carbocycles. The Morgan fingerprint density at radius 1 is 1.25 bits per heavy atom. The van der Waals surface area contributed by atoms with Crippen LogP contribution in [0, 0.1) is 0 Å². The van der Waals surface area contributed by atoms with Crippen molar-refractivity contribution in [2.75, 3.05) is 25.6 Å². The number of amides is 2. The van der Waals surface area contributed by atoms with Gasteiger partial charge in [-0.3, -0.25) is 9.59 Å². The van der Waals surface area contributed by atoms with Gasteiger partial charge >= 0.3 is 0 Å². The number of hydrogen-bond acceptors (Lipinski definition) is 3. The SMILES string of the molecule is COCCCNC(=O)CC(=O)Nc1cccc(Cl)c1Cl. The number of anilines is 1. The summed E-state index contributed by atoms with van der Waals surface area (Å²) in [4.78, 5) is 23.2. The van der Waals surface area contributed by atoms with E-state index in [0.29, 0.717) is 30.3 Å². The van der Waals surface area contributed by atoms with Gasteiger partial charge in [0, 0.05) is 20.3 Å². The first-order valence-corrected chi connectivity index (χ1v) is 6.79. The molecule has 0 spiro atoms. The number of carbonyl (C=O) groups is 2. The molecule has 5 nitrogen and oxygen atoms in total. The highest BCUT2D eigenvalue weighted by molar-refractivity contribution is 6.44. The summed E-state index contributed by atoms with van der Waals surface area (Å²) in [7, 11) is 1.59. The normalized spacial score (nSPS) is 10.2. The predicted molar refractivity (Wildman–Crippen MR) is 79.2 cm³/mol. The molecule has 0 fully saturated rings. The van der Waals surface area contributed by atoms with Gasteiger partial charge in [-0.2, -0.15) is 0 Å². The summed E-state index contributed by atoms with van der Waals surface area (Å²) in [6.45, 7) is 1.03. The fraction of sp³-hybridized carbons (Fsp3) is 0.385. The van der Waals surface area contributed by atoms with Crippen molar-refractivity contribution in [2.24, 2.45) is 0 Å². The summed E-state index contributed by atoms with van der Waals surface area (Å²) in [5, 5.41) is 5.76. The van der Waals surface area contributed by atoms with Crippen LogP contribution >= 0.6 is 23.2 Å². The van der Waals surface area contributed by atoms with E-state index < -0.39 is 5.91 Å². The summed E-state index contributed by atoms with van der Waals surface area (Å²) in [5.41, 5.74) is 0.386. The van der Waals surface area contributed by atoms with Gasteiger partial charge in [0.25, 0.3) is 0 Å². The van der Waals surface area contributed by atoms with Crippen LogP contribution in [0.1, 0.15) is 12.8 Å². The number of ether oxygens (including phenoxy) is 1. The Morgan fingerprint density at radius 3 is 2.70 bits per heavy atom. The van der Waals surface area contributed by atoms with Gasteiger partial charge in [0.15, 0.2) is 0 Å². The Balaban J connectivity index is 2.39. The van der Waals surface area contributed by atoms with E-state index in [4.69, 9.17) is 27.9 Å². The standard InChI is InChI=1S/C13H16Cl2N2O3/c1-20-7-3-6-16-11(18)8-12(19)17-10-5-2-4-9(14)13(10)15/h2,4-5H,3,6-8H2,1H3,(H,16,18)(H,17,19). The molecule has 0 saturated heterocycles. The first-order chi connectivity index (χ1) is 9.54. The average Bonchev–Trinajstić information content (AvgIpc) is 2.40. The zero-order chi connectivity index (χ0) is 15.0. The van der Waals surface area contributed by atoms with E-state index in [1.807, 2.05) is 0 Å². The second-order valence-corrected chi connectivity index (χ2v) is 4.81. The number of hydrogen-bond donors (Lipinski definition) is 2. The number of carbonyl (C=O) groups excluding carboxylic acids is 2. The molecule has 0 radical (unpaired) electrons. The number of methoxy groups -OCH3 is 1. The number of rotatable bonds is 7. The van der Waals surface area contributed by atoms with Gasteiger partial charge < -0.3 is 15.4 Å². The molecular formula is C13H16Cl2N2O3. The quantitative estimate of drug-likeness (QED) is 0.599. The zero-order valence-electron chi connectivity index (χ0n) is 11.0. The largest absolute Gasteiger partial charge is 0.385 e. The summed E-state index contributed by atoms with van der Waals surface area (Å²) in [6.07, 6.45) is 0.430. The highest BCUT2D eigenvalue weighted by Gasteiger charge is 2.11. The van der Waals surface area contributed by atoms with Crippen molar-refractivity contribution in [1.29, 1.82) is 0 Å². The van der Waals surface area contributed by atoms with E-state index >= 15 is 0 Å². The maximum absolute atomic E-state index is 11.7. The number of benzene rings is 1. The molecule has 110 valence electrons. The van der Waals surface area contributed by atoms with Gasteiger partial charge in [0.2, 0.25) is 11.8 Å². The summed E-state index contributed by atoms with van der Waals surface area (Å²) >= 11 is 11.8. The van der Waals surface area contributed by atoms with Gasteiger partial charge in [0.1, 0.15) is 6.42 Å². The molecule has 0 heterocycles. The third kappa shape index (κ3) is 5.77. The Labute approximate surface area is 127 Å². The van der Waals surface area contributed by atoms with Gasteiger partial charge in [-0.05, 0) is 18.6 Å². The average molecular weight is 319 g/mol. The van der Waals surface area contributed by atoms with Gasteiger partial charge in [-0.1, -0.05) is 29.3 Å². The molecule has 0 saturated carbocycles. The van der Waals surface area contributed by atoms with E-state index in [0.717, 1.165) is 0 Å². The van der Waals surface area contributed by atoms with Crippen LogP contribution in [0.5, 0.6) is 0 Å². The molecule has 0 unspecified atom stereocenters. The molecule has 0 bridgehead atoms. The molecule has 0 aliphatic rings. The topological polar surface area (TPSA) is 67.4 Å². The first-order valence-electron chi connectivity index (χ1n) is 6.04. The molecule has 0 aromatic heterocycles. The van der Waals surface area contributed by atoms with Crippen molar-refractivity contribution in [3.63, 3.8) is 0 Å². The van der Waals surface area contributed by atoms with Crippen molar-refractivity contribution in [1.82, 2.24) is 5.32 Å². The third-order valence-corrected chi connectivity index (χ3v) is 3.21. The fourth-order valence-corrected chi connectivity index (χ4v) is 1.80. The maximum atomic E-state index is 11.7. The molecule has 0 aliphatic carbocycles. The van der Waals surface area contributed by atoms with Crippen molar-refractivity contribution < 1.29 is 14.3 Å². The van der Waals surface area contributed by atoms with E-state index in [1.165, 1.54) is 0 Å². The van der Waals surface area contributed by atoms with Crippen LogP contribution < -0.4 is 10.6 Å². The zero-order valence-corrected chi connectivity index (χ0v) is 12.6. The Morgan fingerprint density at radius 2 is 2.00 bits per heavy atom. The molecule has 1 aromatic rings. The van der Waals surface area contributed by atoms with E-state index in [-0.39, 0.29) is 17.4 Å². The van der Waals surface area contributed by atoms with Crippen molar-refractivity contribution in [2.45, 2.75) is 12.8 Å². The lowest BCUT2D eigenvalue weighted by Crippen LogP contribution is -2.29. The smallest absolute Gasteiger partial charge is 0.233 e. The Hall–Kier alpha value is -1.30. The van der Waals surface area contributed by atoms with Crippen molar-refractivity contribution >= 4 is 40.7 Å². The molecule has 1 rings (SSSR count). The van der Waals surface area contributed by atoms with Gasteiger partial charge in [-0.25, -0.2) is 0 Å². The summed E-state index contributed by atoms with van der Waals surface area (Å²) in [5.74, 6) is -0.796. The Bertz CT molecular complexity index is 481. The van der Waals surface area contributed by atoms with Crippen molar-refractivity contribution in [3.05, 3.63) is 28.2 Å². The lowest BCUT2D eigenvalue weighted by atomic mass is 10.3. The molecule has 0 atom stereocenters. The molecule has 0 aliphatic heterocycles. The lowest BCUT2D eigenvalue weighted by molar-refractivity contribution is -0.126. The molecule has 20 heavy (non-hydrogen) atoms. The highest BCUT2D eigenvalue weighted by Crippen LogP contribution is 2.29. The lowest BCUT2D eigenvalue weighted by Gasteiger charge is -2.08. The van der Waals surface area contributed by atoms with E-state index in [9.17, 15) is 9.59 Å². The predicted octanol–water partition coefficient (Wildman–Crippen LogP) is 2.47. The summed E-state index contributed by atoms with van der Waals surface area (Å²) < 4.78 is 4.85. The van der Waals surface area contributed by atoms with Crippen LogP contribution in [-0.4, -0.2) is 32.1 Å².